The molecule has 1 amide bonds. The number of carbonyl (C=O) groups is 1. The van der Waals surface area contributed by atoms with Crippen LogP contribution in [0.4, 0.5) is 5.69 Å². The van der Waals surface area contributed by atoms with Crippen molar-refractivity contribution in [1.29, 1.82) is 0 Å². The summed E-state index contributed by atoms with van der Waals surface area (Å²) in [6.07, 6.45) is 0. The van der Waals surface area contributed by atoms with Crippen molar-refractivity contribution in [3.05, 3.63) is 77.9 Å². The first-order chi connectivity index (χ1) is 15.1. The summed E-state index contributed by atoms with van der Waals surface area (Å²) < 4.78 is 16.3. The quantitative estimate of drug-likeness (QED) is 0.478. The van der Waals surface area contributed by atoms with E-state index in [2.05, 4.69) is 15.5 Å². The fourth-order valence-electron chi connectivity index (χ4n) is 3.12. The van der Waals surface area contributed by atoms with Crippen molar-refractivity contribution < 1.29 is 18.7 Å². The van der Waals surface area contributed by atoms with Crippen LogP contribution < -0.4 is 14.8 Å². The molecule has 4 aromatic rings. The van der Waals surface area contributed by atoms with Crippen LogP contribution in [0.15, 0.2) is 71.1 Å². The first-order valence-corrected chi connectivity index (χ1v) is 9.62. The molecule has 4 rings (SSSR count). The van der Waals surface area contributed by atoms with E-state index in [-0.39, 0.29) is 5.91 Å². The molecule has 0 atom stereocenters. The molecule has 0 saturated carbocycles. The lowest BCUT2D eigenvalue weighted by molar-refractivity contribution is 0.102. The Kier molecular flexibility index (Phi) is 5.66. The molecule has 0 aliphatic rings. The smallest absolute Gasteiger partial charge is 0.255 e. The summed E-state index contributed by atoms with van der Waals surface area (Å²) in [5, 5.41) is 11.1. The number of aromatic nitrogens is 2. The Morgan fingerprint density at radius 2 is 1.55 bits per heavy atom. The highest BCUT2D eigenvalue weighted by Crippen LogP contribution is 2.30. The van der Waals surface area contributed by atoms with Crippen molar-refractivity contribution in [2.24, 2.45) is 0 Å². The van der Waals surface area contributed by atoms with Crippen molar-refractivity contribution in [1.82, 2.24) is 10.2 Å². The summed E-state index contributed by atoms with van der Waals surface area (Å²) in [5.41, 5.74) is 3.81. The number of anilines is 1. The molecule has 156 valence electrons. The number of hydrogen-bond donors (Lipinski definition) is 1. The molecule has 1 aromatic heterocycles. The molecule has 0 aliphatic carbocycles. The highest BCUT2D eigenvalue weighted by Gasteiger charge is 2.13. The summed E-state index contributed by atoms with van der Waals surface area (Å²) in [4.78, 5) is 12.6. The van der Waals surface area contributed by atoms with E-state index in [1.54, 1.807) is 56.7 Å². The standard InChI is InChI=1S/C24H21N3O4/c1-15-5-4-6-18(13-15)24-27-26-23(31-24)17-9-7-16(8-10-17)22(28)25-19-11-12-20(29-2)21(14-19)30-3/h4-14H,1-3H3,(H,25,28). The minimum atomic E-state index is -0.246. The maximum atomic E-state index is 12.6. The molecule has 0 saturated heterocycles. The van der Waals surface area contributed by atoms with Crippen LogP contribution in [0.1, 0.15) is 15.9 Å². The van der Waals surface area contributed by atoms with Crippen molar-refractivity contribution >= 4 is 11.6 Å². The topological polar surface area (TPSA) is 86.5 Å². The van der Waals surface area contributed by atoms with Crippen LogP contribution in [0.3, 0.4) is 0 Å². The molecular formula is C24H21N3O4. The Morgan fingerprint density at radius 3 is 2.23 bits per heavy atom. The molecular weight excluding hydrogens is 394 g/mol. The van der Waals surface area contributed by atoms with Gasteiger partial charge in [-0.3, -0.25) is 4.79 Å². The lowest BCUT2D eigenvalue weighted by Crippen LogP contribution is -2.11. The highest BCUT2D eigenvalue weighted by atomic mass is 16.5. The third-order valence-electron chi connectivity index (χ3n) is 4.73. The predicted molar refractivity (Wildman–Crippen MR) is 117 cm³/mol. The number of nitrogens with one attached hydrogen (secondary N) is 1. The average molecular weight is 415 g/mol. The Morgan fingerprint density at radius 1 is 0.839 bits per heavy atom. The summed E-state index contributed by atoms with van der Waals surface area (Å²) in [7, 11) is 3.11. The average Bonchev–Trinajstić information content (AvgIpc) is 3.29. The van der Waals surface area contributed by atoms with E-state index in [4.69, 9.17) is 13.9 Å². The summed E-state index contributed by atoms with van der Waals surface area (Å²) >= 11 is 0. The molecule has 0 bridgehead atoms. The van der Waals surface area contributed by atoms with Gasteiger partial charge in [-0.25, -0.2) is 0 Å². The zero-order valence-electron chi connectivity index (χ0n) is 17.4. The van der Waals surface area contributed by atoms with Crippen LogP contribution in [-0.2, 0) is 0 Å². The van der Waals surface area contributed by atoms with E-state index in [1.807, 2.05) is 31.2 Å². The molecule has 7 nitrogen and oxygen atoms in total. The van der Waals surface area contributed by atoms with Crippen LogP contribution in [0, 0.1) is 6.92 Å². The van der Waals surface area contributed by atoms with E-state index in [9.17, 15) is 4.79 Å². The van der Waals surface area contributed by atoms with Gasteiger partial charge in [0, 0.05) is 28.4 Å². The van der Waals surface area contributed by atoms with Gasteiger partial charge >= 0.3 is 0 Å². The van der Waals surface area contributed by atoms with Gasteiger partial charge in [-0.2, -0.15) is 0 Å². The van der Waals surface area contributed by atoms with Crippen LogP contribution in [-0.4, -0.2) is 30.3 Å². The molecule has 0 radical (unpaired) electrons. The SMILES string of the molecule is COc1ccc(NC(=O)c2ccc(-c3nnc(-c4cccc(C)c4)o3)cc2)cc1OC. The second-order valence-electron chi connectivity index (χ2n) is 6.88. The Labute approximate surface area is 179 Å². The molecule has 0 fully saturated rings. The number of amides is 1. The van der Waals surface area contributed by atoms with Gasteiger partial charge in [0.2, 0.25) is 11.8 Å². The van der Waals surface area contributed by atoms with Crippen molar-refractivity contribution in [3.63, 3.8) is 0 Å². The van der Waals surface area contributed by atoms with Crippen LogP contribution >= 0.6 is 0 Å². The molecule has 0 spiro atoms. The van der Waals surface area contributed by atoms with Gasteiger partial charge < -0.3 is 19.2 Å². The molecule has 0 unspecified atom stereocenters. The largest absolute Gasteiger partial charge is 0.493 e. The number of methoxy groups -OCH3 is 2. The summed E-state index contributed by atoms with van der Waals surface area (Å²) in [5.74, 6) is 1.73. The third-order valence-corrected chi connectivity index (χ3v) is 4.73. The number of carbonyl (C=O) groups excluding carboxylic acids is 1. The fraction of sp³-hybridized carbons (Fsp3) is 0.125. The minimum absolute atomic E-state index is 0.246. The summed E-state index contributed by atoms with van der Waals surface area (Å²) in [6.45, 7) is 2.01. The van der Waals surface area contributed by atoms with E-state index >= 15 is 0 Å². The Hall–Kier alpha value is -4.13. The fourth-order valence-corrected chi connectivity index (χ4v) is 3.12. The molecule has 0 aliphatic heterocycles. The number of ether oxygens (including phenoxy) is 2. The first-order valence-electron chi connectivity index (χ1n) is 9.62. The van der Waals surface area contributed by atoms with Gasteiger partial charge in [0.1, 0.15) is 0 Å². The minimum Gasteiger partial charge on any atom is -0.493 e. The van der Waals surface area contributed by atoms with Crippen molar-refractivity contribution in [2.75, 3.05) is 19.5 Å². The predicted octanol–water partition coefficient (Wildman–Crippen LogP) is 4.98. The second-order valence-corrected chi connectivity index (χ2v) is 6.88. The maximum Gasteiger partial charge on any atom is 0.255 e. The van der Waals surface area contributed by atoms with Crippen LogP contribution in [0.25, 0.3) is 22.9 Å². The van der Waals surface area contributed by atoms with E-state index in [0.29, 0.717) is 34.5 Å². The van der Waals surface area contributed by atoms with Gasteiger partial charge in [-0.1, -0.05) is 17.7 Å². The van der Waals surface area contributed by atoms with Gasteiger partial charge in [0.15, 0.2) is 11.5 Å². The van der Waals surface area contributed by atoms with Gasteiger partial charge in [0.25, 0.3) is 5.91 Å². The van der Waals surface area contributed by atoms with Crippen LogP contribution in [0.2, 0.25) is 0 Å². The van der Waals surface area contributed by atoms with Crippen molar-refractivity contribution in [2.45, 2.75) is 6.92 Å². The number of nitrogens with zero attached hydrogens (tertiary/aromatic N) is 2. The third kappa shape index (κ3) is 4.40. The molecule has 1 N–H and O–H groups in total. The monoisotopic (exact) mass is 415 g/mol. The lowest BCUT2D eigenvalue weighted by Gasteiger charge is -2.10. The van der Waals surface area contributed by atoms with E-state index in [0.717, 1.165) is 16.7 Å². The van der Waals surface area contributed by atoms with E-state index < -0.39 is 0 Å². The van der Waals surface area contributed by atoms with Crippen molar-refractivity contribution in [3.8, 4) is 34.4 Å². The Bertz CT molecular complexity index is 1220. The molecule has 7 heteroatoms. The van der Waals surface area contributed by atoms with Gasteiger partial charge in [-0.15, -0.1) is 10.2 Å². The normalized spacial score (nSPS) is 10.5. The first kappa shape index (κ1) is 20.2. The molecule has 3 aromatic carbocycles. The number of hydrogen-bond acceptors (Lipinski definition) is 6. The molecule has 1 heterocycles. The highest BCUT2D eigenvalue weighted by molar-refractivity contribution is 6.04. The van der Waals surface area contributed by atoms with E-state index in [1.165, 1.54) is 0 Å². The second kappa shape index (κ2) is 8.71. The molecule has 31 heavy (non-hydrogen) atoms. The zero-order chi connectivity index (χ0) is 21.8. The lowest BCUT2D eigenvalue weighted by atomic mass is 10.1. The zero-order valence-corrected chi connectivity index (χ0v) is 17.4. The van der Waals surface area contributed by atoms with Gasteiger partial charge in [-0.05, 0) is 55.5 Å². The summed E-state index contributed by atoms with van der Waals surface area (Å²) in [6, 6.07) is 20.0. The van der Waals surface area contributed by atoms with Crippen LogP contribution in [0.5, 0.6) is 11.5 Å². The number of aryl methyl sites for hydroxylation is 1. The van der Waals surface area contributed by atoms with Gasteiger partial charge in [0.05, 0.1) is 14.2 Å². The number of rotatable bonds is 6. The number of benzene rings is 3. The maximum absolute atomic E-state index is 12.6. The Balaban J connectivity index is 1.49.